The number of halogens is 1. The molecule has 2 rings (SSSR count). The zero-order valence-corrected chi connectivity index (χ0v) is 13.4. The van der Waals surface area contributed by atoms with Crippen LogP contribution in [0.2, 0.25) is 0 Å². The lowest BCUT2D eigenvalue weighted by Gasteiger charge is -2.35. The largest absolute Gasteiger partial charge is 0.336 e. The van der Waals surface area contributed by atoms with Crippen molar-refractivity contribution < 1.29 is 17.6 Å². The van der Waals surface area contributed by atoms with E-state index in [0.29, 0.717) is 19.6 Å². The first-order chi connectivity index (χ1) is 10.3. The molecule has 1 heterocycles. The van der Waals surface area contributed by atoms with Crippen molar-refractivity contribution in [2.45, 2.75) is 30.8 Å². The summed E-state index contributed by atoms with van der Waals surface area (Å²) in [4.78, 5) is 13.6. The molecule has 22 heavy (non-hydrogen) atoms. The van der Waals surface area contributed by atoms with Gasteiger partial charge in [-0.3, -0.25) is 4.79 Å². The van der Waals surface area contributed by atoms with Crippen LogP contribution >= 0.6 is 0 Å². The minimum Gasteiger partial charge on any atom is -0.336 e. The maximum atomic E-state index is 13.6. The molecule has 0 saturated carbocycles. The zero-order chi connectivity index (χ0) is 16.3. The van der Waals surface area contributed by atoms with E-state index in [1.165, 1.54) is 25.1 Å². The first-order valence-corrected chi connectivity index (χ1v) is 8.59. The fourth-order valence-electron chi connectivity index (χ4n) is 2.43. The highest BCUT2D eigenvalue weighted by atomic mass is 32.2. The van der Waals surface area contributed by atoms with E-state index >= 15 is 0 Å². The molecule has 122 valence electrons. The summed E-state index contributed by atoms with van der Waals surface area (Å²) in [5.74, 6) is -1.15. The Kier molecular flexibility index (Phi) is 5.15. The van der Waals surface area contributed by atoms with Gasteiger partial charge < -0.3 is 10.2 Å². The van der Waals surface area contributed by atoms with Crippen LogP contribution in [0.15, 0.2) is 29.2 Å². The third-order valence-corrected chi connectivity index (χ3v) is 5.19. The Morgan fingerprint density at radius 1 is 1.45 bits per heavy atom. The number of nitrogens with zero attached hydrogens (tertiary/aromatic N) is 1. The molecule has 1 amide bonds. The number of hydrogen-bond acceptors (Lipinski definition) is 4. The lowest BCUT2D eigenvalue weighted by molar-refractivity contribution is -0.135. The quantitative estimate of drug-likeness (QED) is 0.833. The molecule has 1 aromatic rings. The summed E-state index contributed by atoms with van der Waals surface area (Å²) < 4.78 is 40.3. The zero-order valence-electron chi connectivity index (χ0n) is 12.5. The molecule has 1 aliphatic heterocycles. The summed E-state index contributed by atoms with van der Waals surface area (Å²) in [6.07, 6.45) is 0. The molecular formula is C14H20FN3O3S. The van der Waals surface area contributed by atoms with Gasteiger partial charge in [-0.05, 0) is 26.0 Å². The standard InChI is InChI=1S/C14H20FN3O3S/c1-10-9-16-7-8-18(10)14(19)11(2)17-22(20,21)13-6-4-3-5-12(13)15/h3-6,10-11,16-17H,7-9H2,1-2H3/t10-,11?/m0/s1. The highest BCUT2D eigenvalue weighted by Crippen LogP contribution is 2.14. The van der Waals surface area contributed by atoms with Crippen molar-refractivity contribution in [1.82, 2.24) is 14.9 Å². The van der Waals surface area contributed by atoms with E-state index in [9.17, 15) is 17.6 Å². The molecule has 1 fully saturated rings. The fourth-order valence-corrected chi connectivity index (χ4v) is 3.70. The molecule has 2 N–H and O–H groups in total. The second kappa shape index (κ2) is 6.72. The summed E-state index contributed by atoms with van der Waals surface area (Å²) in [5.41, 5.74) is 0. The van der Waals surface area contributed by atoms with Crippen LogP contribution in [-0.4, -0.2) is 50.9 Å². The maximum absolute atomic E-state index is 13.6. The Morgan fingerprint density at radius 2 is 2.14 bits per heavy atom. The summed E-state index contributed by atoms with van der Waals surface area (Å²) in [5, 5.41) is 3.16. The minimum absolute atomic E-state index is 0.0123. The molecule has 2 atom stereocenters. The van der Waals surface area contributed by atoms with Gasteiger partial charge in [0, 0.05) is 25.7 Å². The Hall–Kier alpha value is -1.51. The molecule has 8 heteroatoms. The summed E-state index contributed by atoms with van der Waals surface area (Å²) in [6.45, 7) is 5.21. The van der Waals surface area contributed by atoms with E-state index < -0.39 is 26.8 Å². The first kappa shape index (κ1) is 16.9. The topological polar surface area (TPSA) is 78.5 Å². The Labute approximate surface area is 129 Å². The number of carbonyl (C=O) groups is 1. The molecule has 6 nitrogen and oxygen atoms in total. The Bertz CT molecular complexity index is 650. The SMILES string of the molecule is CC(NS(=O)(=O)c1ccccc1F)C(=O)N1CCNC[C@@H]1C. The molecule has 1 aliphatic rings. The van der Waals surface area contributed by atoms with Crippen molar-refractivity contribution in [2.75, 3.05) is 19.6 Å². The van der Waals surface area contributed by atoms with Gasteiger partial charge in [-0.15, -0.1) is 0 Å². The second-order valence-electron chi connectivity index (χ2n) is 5.36. The summed E-state index contributed by atoms with van der Waals surface area (Å²) in [7, 11) is -4.08. The van der Waals surface area contributed by atoms with E-state index in [1.807, 2.05) is 6.92 Å². The predicted octanol–water partition coefficient (Wildman–Crippen LogP) is 0.313. The van der Waals surface area contributed by atoms with Crippen LogP contribution in [0.3, 0.4) is 0 Å². The smallest absolute Gasteiger partial charge is 0.244 e. The maximum Gasteiger partial charge on any atom is 0.244 e. The number of rotatable bonds is 4. The van der Waals surface area contributed by atoms with Crippen LogP contribution in [0.4, 0.5) is 4.39 Å². The van der Waals surface area contributed by atoms with Crippen molar-refractivity contribution in [2.24, 2.45) is 0 Å². The lowest BCUT2D eigenvalue weighted by atomic mass is 10.2. The number of nitrogens with one attached hydrogen (secondary N) is 2. The second-order valence-corrected chi connectivity index (χ2v) is 7.04. The van der Waals surface area contributed by atoms with Crippen LogP contribution in [0.1, 0.15) is 13.8 Å². The van der Waals surface area contributed by atoms with Gasteiger partial charge in [0.1, 0.15) is 10.7 Å². The average Bonchev–Trinajstić information content (AvgIpc) is 2.46. The molecule has 0 radical (unpaired) electrons. The van der Waals surface area contributed by atoms with E-state index in [0.717, 1.165) is 6.07 Å². The van der Waals surface area contributed by atoms with Crippen LogP contribution in [0.25, 0.3) is 0 Å². The Balaban J connectivity index is 2.12. The third-order valence-electron chi connectivity index (χ3n) is 3.61. The predicted molar refractivity (Wildman–Crippen MR) is 80.2 cm³/mol. The number of amides is 1. The molecular weight excluding hydrogens is 309 g/mol. The molecule has 1 saturated heterocycles. The van der Waals surface area contributed by atoms with Crippen molar-refractivity contribution in [1.29, 1.82) is 0 Å². The van der Waals surface area contributed by atoms with Crippen LogP contribution < -0.4 is 10.0 Å². The molecule has 1 unspecified atom stereocenters. The van der Waals surface area contributed by atoms with Gasteiger partial charge in [0.15, 0.2) is 0 Å². The van der Waals surface area contributed by atoms with Gasteiger partial charge in [-0.2, -0.15) is 4.72 Å². The van der Waals surface area contributed by atoms with Crippen LogP contribution in [0, 0.1) is 5.82 Å². The normalized spacial score (nSPS) is 20.7. The average molecular weight is 329 g/mol. The number of benzene rings is 1. The monoisotopic (exact) mass is 329 g/mol. The number of piperazine rings is 1. The number of carbonyl (C=O) groups excluding carboxylic acids is 1. The third kappa shape index (κ3) is 3.63. The highest BCUT2D eigenvalue weighted by Gasteiger charge is 2.30. The van der Waals surface area contributed by atoms with Gasteiger partial charge in [0.05, 0.1) is 6.04 Å². The molecule has 0 aromatic heterocycles. The summed E-state index contributed by atoms with van der Waals surface area (Å²) >= 11 is 0. The van der Waals surface area contributed by atoms with Crippen LogP contribution in [0.5, 0.6) is 0 Å². The molecule has 1 aromatic carbocycles. The summed E-state index contributed by atoms with van der Waals surface area (Å²) in [6, 6.07) is 4.11. The number of hydrogen-bond donors (Lipinski definition) is 2. The van der Waals surface area contributed by atoms with Crippen molar-refractivity contribution >= 4 is 15.9 Å². The van der Waals surface area contributed by atoms with Gasteiger partial charge in [0.25, 0.3) is 0 Å². The lowest BCUT2D eigenvalue weighted by Crippen LogP contribution is -2.57. The van der Waals surface area contributed by atoms with Crippen molar-refractivity contribution in [3.63, 3.8) is 0 Å². The molecule has 0 bridgehead atoms. The van der Waals surface area contributed by atoms with Gasteiger partial charge in [0.2, 0.25) is 15.9 Å². The van der Waals surface area contributed by atoms with E-state index in [-0.39, 0.29) is 11.9 Å². The molecule has 0 spiro atoms. The first-order valence-electron chi connectivity index (χ1n) is 7.11. The Morgan fingerprint density at radius 3 is 2.77 bits per heavy atom. The van der Waals surface area contributed by atoms with Crippen LogP contribution in [-0.2, 0) is 14.8 Å². The van der Waals surface area contributed by atoms with Crippen molar-refractivity contribution in [3.05, 3.63) is 30.1 Å². The van der Waals surface area contributed by atoms with Gasteiger partial charge in [-0.25, -0.2) is 12.8 Å². The minimum atomic E-state index is -4.08. The number of sulfonamides is 1. The van der Waals surface area contributed by atoms with Gasteiger partial charge >= 0.3 is 0 Å². The van der Waals surface area contributed by atoms with Gasteiger partial charge in [-0.1, -0.05) is 12.1 Å². The molecule has 0 aliphatic carbocycles. The van der Waals surface area contributed by atoms with E-state index in [1.54, 1.807) is 4.90 Å². The van der Waals surface area contributed by atoms with E-state index in [2.05, 4.69) is 10.0 Å². The highest BCUT2D eigenvalue weighted by molar-refractivity contribution is 7.89. The van der Waals surface area contributed by atoms with E-state index in [4.69, 9.17) is 0 Å². The van der Waals surface area contributed by atoms with Crippen molar-refractivity contribution in [3.8, 4) is 0 Å². The fraction of sp³-hybridized carbons (Fsp3) is 0.500.